The molecule has 0 spiro atoms. The van der Waals surface area contributed by atoms with Crippen molar-refractivity contribution in [3.8, 4) is 17.3 Å². The first-order chi connectivity index (χ1) is 17.6. The number of anilines is 2. The first-order valence-corrected chi connectivity index (χ1v) is 11.5. The minimum absolute atomic E-state index is 0.187. The van der Waals surface area contributed by atoms with Gasteiger partial charge in [-0.2, -0.15) is 5.10 Å². The van der Waals surface area contributed by atoms with Gasteiger partial charge >= 0.3 is 0 Å². The zero-order valence-corrected chi connectivity index (χ0v) is 20.3. The predicted molar refractivity (Wildman–Crippen MR) is 139 cm³/mol. The van der Waals surface area contributed by atoms with Gasteiger partial charge in [-0.05, 0) is 35.9 Å². The lowest BCUT2D eigenvalue weighted by atomic mass is 10.1. The van der Waals surface area contributed by atoms with E-state index in [0.29, 0.717) is 28.6 Å². The van der Waals surface area contributed by atoms with Gasteiger partial charge in [0, 0.05) is 36.1 Å². The molecule has 9 nitrogen and oxygen atoms in total. The number of carbonyl (C=O) groups is 1. The second-order valence-electron chi connectivity index (χ2n) is 7.82. The molecule has 36 heavy (non-hydrogen) atoms. The summed E-state index contributed by atoms with van der Waals surface area (Å²) in [6.45, 7) is 0. The number of aromatic nitrogens is 5. The number of hydrogen-bond donors (Lipinski definition) is 2. The Hall–Kier alpha value is -4.50. The number of hydrogen-bond acceptors (Lipinski definition) is 7. The highest BCUT2D eigenvalue weighted by Gasteiger charge is 2.21. The van der Waals surface area contributed by atoms with E-state index in [1.165, 1.54) is 0 Å². The Morgan fingerprint density at radius 3 is 2.67 bits per heavy atom. The number of alkyl halides is 1. The number of nitrogens with one attached hydrogen (secondary N) is 2. The molecule has 180 valence electrons. The van der Waals surface area contributed by atoms with Crippen molar-refractivity contribution in [2.45, 2.75) is 5.50 Å². The van der Waals surface area contributed by atoms with Gasteiger partial charge in [0.2, 0.25) is 0 Å². The van der Waals surface area contributed by atoms with Crippen LogP contribution < -0.4 is 15.4 Å². The maximum absolute atomic E-state index is 12.1. The van der Waals surface area contributed by atoms with Crippen LogP contribution in [0.25, 0.3) is 22.4 Å². The van der Waals surface area contributed by atoms with E-state index in [1.54, 1.807) is 55.6 Å². The van der Waals surface area contributed by atoms with Crippen LogP contribution in [0.2, 0.25) is 0 Å². The first kappa shape index (κ1) is 23.3. The molecule has 0 bridgehead atoms. The lowest BCUT2D eigenvalue weighted by Crippen LogP contribution is -2.18. The number of halogens is 1. The van der Waals surface area contributed by atoms with Gasteiger partial charge in [0.1, 0.15) is 5.69 Å². The van der Waals surface area contributed by atoms with Gasteiger partial charge in [-0.15, -0.1) is 0 Å². The van der Waals surface area contributed by atoms with E-state index in [2.05, 4.69) is 20.6 Å². The van der Waals surface area contributed by atoms with Gasteiger partial charge in [-0.25, -0.2) is 14.6 Å². The molecule has 0 fully saturated rings. The highest BCUT2D eigenvalue weighted by molar-refractivity contribution is 6.21. The average molecular weight is 500 g/mol. The molecular formula is C26H22ClN7O2. The van der Waals surface area contributed by atoms with Crippen molar-refractivity contribution in [3.63, 3.8) is 0 Å². The SMILES string of the molecule is CNC(=O)c1cccc(C(Cl)n2nc(-c3ncc(OC)c(Nc4ccncc4)n3)c3ccccc32)c1. The van der Waals surface area contributed by atoms with Crippen LogP contribution >= 0.6 is 11.6 Å². The van der Waals surface area contributed by atoms with Gasteiger partial charge in [0.15, 0.2) is 22.9 Å². The normalized spacial score (nSPS) is 11.8. The van der Waals surface area contributed by atoms with E-state index in [1.807, 2.05) is 42.5 Å². The quantitative estimate of drug-likeness (QED) is 0.310. The largest absolute Gasteiger partial charge is 0.491 e. The Balaban J connectivity index is 1.59. The Labute approximate surface area is 212 Å². The molecule has 3 heterocycles. The van der Waals surface area contributed by atoms with Gasteiger partial charge in [0.25, 0.3) is 5.91 Å². The third-order valence-corrected chi connectivity index (χ3v) is 6.05. The summed E-state index contributed by atoms with van der Waals surface area (Å²) in [4.78, 5) is 25.4. The summed E-state index contributed by atoms with van der Waals surface area (Å²) in [5, 5.41) is 11.5. The molecule has 0 saturated carbocycles. The fourth-order valence-corrected chi connectivity index (χ4v) is 4.12. The van der Waals surface area contributed by atoms with Gasteiger partial charge < -0.3 is 15.4 Å². The van der Waals surface area contributed by atoms with Crippen LogP contribution in [0.4, 0.5) is 11.5 Å². The Bertz CT molecular complexity index is 1540. The van der Waals surface area contributed by atoms with Crippen LogP contribution in [0.15, 0.2) is 79.3 Å². The molecule has 1 atom stereocenters. The Kier molecular flexibility index (Phi) is 6.46. The van der Waals surface area contributed by atoms with Crippen molar-refractivity contribution in [1.82, 2.24) is 30.0 Å². The molecule has 5 aromatic rings. The summed E-state index contributed by atoms with van der Waals surface area (Å²) >= 11 is 6.91. The van der Waals surface area contributed by atoms with E-state index in [4.69, 9.17) is 26.4 Å². The lowest BCUT2D eigenvalue weighted by Gasteiger charge is -2.13. The lowest BCUT2D eigenvalue weighted by molar-refractivity contribution is 0.0963. The highest BCUT2D eigenvalue weighted by Crippen LogP contribution is 2.34. The molecule has 2 N–H and O–H groups in total. The third-order valence-electron chi connectivity index (χ3n) is 5.61. The van der Waals surface area contributed by atoms with Crippen LogP contribution in [0, 0.1) is 0 Å². The fourth-order valence-electron chi connectivity index (χ4n) is 3.84. The van der Waals surface area contributed by atoms with E-state index < -0.39 is 5.50 Å². The molecule has 1 amide bonds. The number of nitrogens with zero attached hydrogens (tertiary/aromatic N) is 5. The minimum Gasteiger partial charge on any atom is -0.491 e. The van der Waals surface area contributed by atoms with Crippen molar-refractivity contribution in [1.29, 1.82) is 0 Å². The summed E-state index contributed by atoms with van der Waals surface area (Å²) < 4.78 is 7.16. The molecule has 0 aliphatic heterocycles. The first-order valence-electron chi connectivity index (χ1n) is 11.1. The summed E-state index contributed by atoms with van der Waals surface area (Å²) in [5.41, 5.74) is 2.76. The number of benzene rings is 2. The van der Waals surface area contributed by atoms with Gasteiger partial charge in [-0.1, -0.05) is 41.9 Å². The van der Waals surface area contributed by atoms with Gasteiger partial charge in [-0.3, -0.25) is 9.78 Å². The molecular weight excluding hydrogens is 478 g/mol. The molecule has 2 aromatic carbocycles. The minimum atomic E-state index is -0.666. The Morgan fingerprint density at radius 2 is 1.89 bits per heavy atom. The predicted octanol–water partition coefficient (Wildman–Crippen LogP) is 4.79. The van der Waals surface area contributed by atoms with Gasteiger partial charge in [0.05, 0.1) is 18.8 Å². The molecule has 0 radical (unpaired) electrons. The van der Waals surface area contributed by atoms with E-state index in [-0.39, 0.29) is 5.91 Å². The summed E-state index contributed by atoms with van der Waals surface area (Å²) in [6, 6.07) is 18.5. The fraction of sp³-hybridized carbons (Fsp3) is 0.115. The van der Waals surface area contributed by atoms with E-state index >= 15 is 0 Å². The molecule has 10 heteroatoms. The molecule has 1 unspecified atom stereocenters. The smallest absolute Gasteiger partial charge is 0.251 e. The second-order valence-corrected chi connectivity index (χ2v) is 8.24. The molecule has 0 aliphatic carbocycles. The van der Waals surface area contributed by atoms with Crippen LogP contribution in [0.5, 0.6) is 5.75 Å². The van der Waals surface area contributed by atoms with Crippen LogP contribution in [-0.4, -0.2) is 44.8 Å². The maximum atomic E-state index is 12.1. The van der Waals surface area contributed by atoms with Crippen molar-refractivity contribution in [2.24, 2.45) is 0 Å². The number of fused-ring (bicyclic) bond motifs is 1. The summed E-state index contributed by atoms with van der Waals surface area (Å²) in [5.74, 6) is 1.20. The molecule has 5 rings (SSSR count). The standard InChI is InChI=1S/C26H22ClN7O2/c1-28-26(35)17-7-5-6-16(14-17)23(27)34-20-9-4-3-8-19(20)22(33-34)25-30-15-21(36-2)24(32-25)31-18-10-12-29-13-11-18/h3-15,23H,1-2H3,(H,28,35)(H,29,30,31,32). The summed E-state index contributed by atoms with van der Waals surface area (Å²) in [6.07, 6.45) is 4.97. The molecule has 3 aromatic heterocycles. The Morgan fingerprint density at radius 1 is 1.08 bits per heavy atom. The topological polar surface area (TPSA) is 107 Å². The number of para-hydroxylation sites is 1. The van der Waals surface area contributed by atoms with Crippen molar-refractivity contribution in [2.75, 3.05) is 19.5 Å². The van der Waals surface area contributed by atoms with Crippen LogP contribution in [0.1, 0.15) is 21.4 Å². The number of rotatable bonds is 7. The number of methoxy groups -OCH3 is 1. The van der Waals surface area contributed by atoms with Crippen molar-refractivity contribution in [3.05, 3.63) is 90.4 Å². The zero-order valence-electron chi connectivity index (χ0n) is 19.5. The maximum Gasteiger partial charge on any atom is 0.251 e. The number of pyridine rings is 1. The molecule has 0 aliphatic rings. The van der Waals surface area contributed by atoms with Crippen LogP contribution in [-0.2, 0) is 0 Å². The van der Waals surface area contributed by atoms with E-state index in [0.717, 1.165) is 22.2 Å². The van der Waals surface area contributed by atoms with E-state index in [9.17, 15) is 4.79 Å². The molecule has 0 saturated heterocycles. The summed E-state index contributed by atoms with van der Waals surface area (Å²) in [7, 11) is 3.15. The monoisotopic (exact) mass is 499 g/mol. The number of carbonyl (C=O) groups excluding carboxylic acids is 1. The van der Waals surface area contributed by atoms with Crippen molar-refractivity contribution < 1.29 is 9.53 Å². The third kappa shape index (κ3) is 4.44. The number of ether oxygens (including phenoxy) is 1. The number of amides is 1. The average Bonchev–Trinajstić information content (AvgIpc) is 3.32. The zero-order chi connectivity index (χ0) is 25.1. The van der Waals surface area contributed by atoms with Crippen molar-refractivity contribution >= 4 is 39.9 Å². The van der Waals surface area contributed by atoms with Crippen LogP contribution in [0.3, 0.4) is 0 Å². The second kappa shape index (κ2) is 10.0. The highest BCUT2D eigenvalue weighted by atomic mass is 35.5.